The maximum absolute atomic E-state index is 12.6. The van der Waals surface area contributed by atoms with Gasteiger partial charge in [-0.05, 0) is 42.4 Å². The smallest absolute Gasteiger partial charge is 0.396 e. The Labute approximate surface area is 137 Å². The number of alkyl halides is 3. The first-order valence-corrected chi connectivity index (χ1v) is 7.88. The third kappa shape index (κ3) is 4.42. The van der Waals surface area contributed by atoms with Gasteiger partial charge < -0.3 is 5.73 Å². The summed E-state index contributed by atoms with van der Waals surface area (Å²) in [5.41, 5.74) is 6.75. The predicted octanol–water partition coefficient (Wildman–Crippen LogP) is 4.50. The number of anilines is 1. The molecular weight excluding hydrogens is 321 g/mol. The molecule has 0 atom stereocenters. The van der Waals surface area contributed by atoms with E-state index in [1.165, 1.54) is 0 Å². The summed E-state index contributed by atoms with van der Waals surface area (Å²) in [5, 5.41) is 0. The van der Waals surface area contributed by atoms with Crippen LogP contribution in [0, 0.1) is 18.8 Å². The van der Waals surface area contributed by atoms with Gasteiger partial charge >= 0.3 is 6.18 Å². The van der Waals surface area contributed by atoms with E-state index >= 15 is 0 Å². The number of aromatic nitrogens is 1. The van der Waals surface area contributed by atoms with E-state index in [1.807, 2.05) is 32.0 Å². The molecule has 0 aliphatic rings. The van der Waals surface area contributed by atoms with E-state index in [4.69, 9.17) is 5.73 Å². The average molecular weight is 336 g/mol. The molecule has 0 saturated heterocycles. The molecule has 1 aromatic heterocycles. The van der Waals surface area contributed by atoms with Crippen LogP contribution in [0.4, 0.5) is 18.9 Å². The van der Waals surface area contributed by atoms with Crippen LogP contribution in [0.2, 0.25) is 0 Å². The van der Waals surface area contributed by atoms with Gasteiger partial charge in [0.1, 0.15) is 5.69 Å². The largest absolute Gasteiger partial charge is 0.417 e. The number of nitrogens with two attached hydrogens (primary N) is 1. The molecule has 6 heteroatoms. The Kier molecular flexibility index (Phi) is 5.22. The predicted molar refractivity (Wildman–Crippen MR) is 87.2 cm³/mol. The molecule has 0 unspecified atom stereocenters. The van der Waals surface area contributed by atoms with Crippen molar-refractivity contribution in [2.75, 3.05) is 11.5 Å². The molecule has 2 rings (SSSR count). The van der Waals surface area contributed by atoms with Crippen LogP contribution in [0.3, 0.4) is 0 Å². The van der Waals surface area contributed by atoms with E-state index in [1.54, 1.807) is 11.8 Å². The zero-order chi connectivity index (χ0) is 17.0. The lowest BCUT2D eigenvalue weighted by Gasteiger charge is -2.07. The highest BCUT2D eigenvalue weighted by Gasteiger charge is 2.31. The summed E-state index contributed by atoms with van der Waals surface area (Å²) in [5.74, 6) is 6.61. The number of pyridine rings is 1. The van der Waals surface area contributed by atoms with Gasteiger partial charge in [-0.15, -0.1) is 11.8 Å². The molecule has 0 spiro atoms. The molecule has 23 heavy (non-hydrogen) atoms. The van der Waals surface area contributed by atoms with E-state index in [9.17, 15) is 13.2 Å². The van der Waals surface area contributed by atoms with E-state index in [-0.39, 0.29) is 11.4 Å². The van der Waals surface area contributed by atoms with Crippen LogP contribution in [-0.4, -0.2) is 10.7 Å². The van der Waals surface area contributed by atoms with Crippen LogP contribution < -0.4 is 5.73 Å². The number of halogens is 3. The lowest BCUT2D eigenvalue weighted by Crippen LogP contribution is -2.07. The minimum atomic E-state index is -4.46. The molecule has 0 aliphatic heterocycles. The first-order valence-electron chi connectivity index (χ1n) is 6.89. The summed E-state index contributed by atoms with van der Waals surface area (Å²) in [4.78, 5) is 4.76. The number of aryl methyl sites for hydroxylation is 1. The zero-order valence-corrected chi connectivity index (χ0v) is 13.5. The highest BCUT2D eigenvalue weighted by molar-refractivity contribution is 7.99. The van der Waals surface area contributed by atoms with Crippen molar-refractivity contribution in [3.63, 3.8) is 0 Å². The van der Waals surface area contributed by atoms with Crippen molar-refractivity contribution in [3.8, 4) is 11.8 Å². The van der Waals surface area contributed by atoms with Crippen LogP contribution in [-0.2, 0) is 6.18 Å². The molecule has 0 saturated carbocycles. The number of thioether (sulfide) groups is 1. The molecule has 0 radical (unpaired) electrons. The summed E-state index contributed by atoms with van der Waals surface area (Å²) < 4.78 is 37.8. The Morgan fingerprint density at radius 2 is 1.96 bits per heavy atom. The Morgan fingerprint density at radius 3 is 2.57 bits per heavy atom. The van der Waals surface area contributed by atoms with Gasteiger partial charge in [0.2, 0.25) is 0 Å². The Morgan fingerprint density at radius 1 is 1.22 bits per heavy atom. The third-order valence-electron chi connectivity index (χ3n) is 3.00. The fourth-order valence-corrected chi connectivity index (χ4v) is 2.73. The van der Waals surface area contributed by atoms with Crippen molar-refractivity contribution in [1.82, 2.24) is 4.98 Å². The summed E-state index contributed by atoms with van der Waals surface area (Å²) in [6.45, 7) is 4.03. The Hall–Kier alpha value is -2.13. The molecule has 0 fully saturated rings. The highest BCUT2D eigenvalue weighted by Crippen LogP contribution is 2.30. The van der Waals surface area contributed by atoms with Crippen LogP contribution in [0.1, 0.15) is 29.3 Å². The van der Waals surface area contributed by atoms with Gasteiger partial charge in [-0.3, -0.25) is 0 Å². The van der Waals surface area contributed by atoms with Crippen molar-refractivity contribution in [3.05, 3.63) is 52.8 Å². The molecule has 1 heterocycles. The van der Waals surface area contributed by atoms with Crippen LogP contribution in [0.5, 0.6) is 0 Å². The first-order chi connectivity index (χ1) is 10.8. The molecule has 1 aromatic carbocycles. The van der Waals surface area contributed by atoms with Gasteiger partial charge in [0.25, 0.3) is 0 Å². The second kappa shape index (κ2) is 6.97. The SMILES string of the molecule is CCSc1cc(C)ccc1C#Cc1ncc(C(F)(F)F)cc1N. The minimum absolute atomic E-state index is 0.0795. The number of nitrogen functional groups attached to an aromatic ring is 1. The van der Waals surface area contributed by atoms with Gasteiger partial charge in [-0.25, -0.2) is 4.98 Å². The van der Waals surface area contributed by atoms with Gasteiger partial charge in [0, 0.05) is 16.7 Å². The Balaban J connectivity index is 2.36. The molecule has 2 N–H and O–H groups in total. The standard InChI is InChI=1S/C17H15F3N2S/c1-3-23-16-8-11(2)4-5-12(16)6-7-15-14(21)9-13(10-22-15)17(18,19)20/h4-5,8-10H,3,21H2,1-2H3. The van der Waals surface area contributed by atoms with Crippen molar-refractivity contribution in [2.24, 2.45) is 0 Å². The van der Waals surface area contributed by atoms with E-state index in [0.29, 0.717) is 0 Å². The second-order valence-electron chi connectivity index (χ2n) is 4.84. The van der Waals surface area contributed by atoms with Gasteiger partial charge in [0.15, 0.2) is 0 Å². The van der Waals surface area contributed by atoms with E-state index < -0.39 is 11.7 Å². The summed E-state index contributed by atoms with van der Waals surface area (Å²) in [6, 6.07) is 6.71. The first kappa shape index (κ1) is 17.2. The number of hydrogen-bond acceptors (Lipinski definition) is 3. The monoisotopic (exact) mass is 336 g/mol. The Bertz CT molecular complexity index is 774. The van der Waals surface area contributed by atoms with Crippen molar-refractivity contribution < 1.29 is 13.2 Å². The van der Waals surface area contributed by atoms with Crippen molar-refractivity contribution >= 4 is 17.4 Å². The van der Waals surface area contributed by atoms with Crippen molar-refractivity contribution in [2.45, 2.75) is 24.9 Å². The fraction of sp³-hybridized carbons (Fsp3) is 0.235. The van der Waals surface area contributed by atoms with E-state index in [0.717, 1.165) is 34.0 Å². The molecule has 0 amide bonds. The topological polar surface area (TPSA) is 38.9 Å². The lowest BCUT2D eigenvalue weighted by atomic mass is 10.1. The van der Waals surface area contributed by atoms with Gasteiger partial charge in [0.05, 0.1) is 11.3 Å². The quantitative estimate of drug-likeness (QED) is 0.648. The van der Waals surface area contributed by atoms with E-state index in [2.05, 4.69) is 16.8 Å². The summed E-state index contributed by atoms with van der Waals surface area (Å²) in [7, 11) is 0. The summed E-state index contributed by atoms with van der Waals surface area (Å²) >= 11 is 1.66. The highest BCUT2D eigenvalue weighted by atomic mass is 32.2. The van der Waals surface area contributed by atoms with Gasteiger partial charge in [-0.2, -0.15) is 13.2 Å². The number of rotatable bonds is 2. The molecule has 2 aromatic rings. The normalized spacial score (nSPS) is 11.0. The molecule has 2 nitrogen and oxygen atoms in total. The average Bonchev–Trinajstić information content (AvgIpc) is 2.47. The maximum Gasteiger partial charge on any atom is 0.417 e. The fourth-order valence-electron chi connectivity index (χ4n) is 1.88. The molecular formula is C17H15F3N2S. The van der Waals surface area contributed by atoms with Crippen molar-refractivity contribution in [1.29, 1.82) is 0 Å². The third-order valence-corrected chi connectivity index (χ3v) is 3.93. The van der Waals surface area contributed by atoms with Crippen LogP contribution >= 0.6 is 11.8 Å². The lowest BCUT2D eigenvalue weighted by molar-refractivity contribution is -0.137. The van der Waals surface area contributed by atoms with Crippen LogP contribution in [0.15, 0.2) is 35.4 Å². The summed E-state index contributed by atoms with van der Waals surface area (Å²) in [6.07, 6.45) is -3.72. The maximum atomic E-state index is 12.6. The number of benzene rings is 1. The number of hydrogen-bond donors (Lipinski definition) is 1. The molecule has 0 aliphatic carbocycles. The minimum Gasteiger partial charge on any atom is -0.396 e. The molecule has 120 valence electrons. The van der Waals surface area contributed by atoms with Crippen LogP contribution in [0.25, 0.3) is 0 Å². The zero-order valence-electron chi connectivity index (χ0n) is 12.7. The molecule has 0 bridgehead atoms. The van der Waals surface area contributed by atoms with Gasteiger partial charge in [-0.1, -0.05) is 18.9 Å². The second-order valence-corrected chi connectivity index (χ2v) is 6.15. The number of nitrogens with zero attached hydrogens (tertiary/aromatic N) is 1.